The Labute approximate surface area is 160 Å². The average molecular weight is 370 g/mol. The lowest BCUT2D eigenvalue weighted by molar-refractivity contribution is -0.131. The number of aromatic nitrogens is 1. The first-order chi connectivity index (χ1) is 12.7. The van der Waals surface area contributed by atoms with Crippen LogP contribution in [0.3, 0.4) is 0 Å². The summed E-state index contributed by atoms with van der Waals surface area (Å²) in [6.45, 7) is 4.69. The molecule has 5 heteroatoms. The Balaban J connectivity index is 1.68. The van der Waals surface area contributed by atoms with Gasteiger partial charge in [0.2, 0.25) is 5.91 Å². The number of benzene rings is 1. The van der Waals surface area contributed by atoms with E-state index in [9.17, 15) is 4.79 Å². The van der Waals surface area contributed by atoms with Gasteiger partial charge in [0.1, 0.15) is 0 Å². The zero-order chi connectivity index (χ0) is 18.2. The summed E-state index contributed by atoms with van der Waals surface area (Å²) in [5.41, 5.74) is 2.20. The van der Waals surface area contributed by atoms with Gasteiger partial charge in [-0.25, -0.2) is 0 Å². The lowest BCUT2D eigenvalue weighted by Gasteiger charge is -2.31. The first-order valence-corrected chi connectivity index (χ1v) is 10.3. The maximum atomic E-state index is 13.1. The Morgan fingerprint density at radius 1 is 1.19 bits per heavy atom. The van der Waals surface area contributed by atoms with Crippen molar-refractivity contribution in [2.45, 2.75) is 43.7 Å². The molecule has 2 heterocycles. The van der Waals surface area contributed by atoms with Crippen molar-refractivity contribution in [2.24, 2.45) is 0 Å². The summed E-state index contributed by atoms with van der Waals surface area (Å²) < 4.78 is 0. The monoisotopic (exact) mass is 369 g/mol. The van der Waals surface area contributed by atoms with Crippen LogP contribution in [0.2, 0.25) is 0 Å². The highest BCUT2D eigenvalue weighted by atomic mass is 32.2. The molecule has 1 amide bonds. The number of hydrogen-bond acceptors (Lipinski definition) is 4. The first kappa shape index (κ1) is 18.9. The van der Waals surface area contributed by atoms with Crippen molar-refractivity contribution < 1.29 is 4.79 Å². The largest absolute Gasteiger partial charge is 0.333 e. The molecule has 0 bridgehead atoms. The van der Waals surface area contributed by atoms with Crippen molar-refractivity contribution in [3.05, 3.63) is 59.9 Å². The van der Waals surface area contributed by atoms with E-state index in [1.807, 2.05) is 18.2 Å². The third kappa shape index (κ3) is 5.58. The van der Waals surface area contributed by atoms with Crippen LogP contribution in [0.25, 0.3) is 0 Å². The summed E-state index contributed by atoms with van der Waals surface area (Å²) in [6, 6.07) is 14.6. The van der Waals surface area contributed by atoms with Crippen molar-refractivity contribution in [1.29, 1.82) is 0 Å². The molecule has 0 spiro atoms. The molecule has 1 aliphatic heterocycles. The maximum absolute atomic E-state index is 13.1. The van der Waals surface area contributed by atoms with Gasteiger partial charge in [-0.3, -0.25) is 9.78 Å². The summed E-state index contributed by atoms with van der Waals surface area (Å²) in [5.74, 6) is 0.674. The Bertz CT molecular complexity index is 682. The summed E-state index contributed by atoms with van der Waals surface area (Å²) in [7, 11) is 0. The van der Waals surface area contributed by atoms with Crippen LogP contribution in [0.4, 0.5) is 0 Å². The van der Waals surface area contributed by atoms with E-state index in [1.165, 1.54) is 5.56 Å². The highest BCUT2D eigenvalue weighted by Crippen LogP contribution is 2.22. The lowest BCUT2D eigenvalue weighted by atomic mass is 10.1. The number of nitrogens with zero attached hydrogens (tertiary/aromatic N) is 2. The standard InChI is InChI=1S/C21H27N3OS/c1-17-7-9-20(10-8-17)26-16-21(25)24(15-18-5-2-3-13-23-18)19-6-4-12-22-14-11-19/h2-3,5,7-10,13,19,22H,4,6,11-12,14-16H2,1H3. The maximum Gasteiger partial charge on any atom is 0.233 e. The molecule has 3 rings (SSSR count). The smallest absolute Gasteiger partial charge is 0.233 e. The van der Waals surface area contributed by atoms with E-state index in [0.29, 0.717) is 12.3 Å². The molecule has 4 nitrogen and oxygen atoms in total. The molecule has 0 saturated carbocycles. The fourth-order valence-corrected chi connectivity index (χ4v) is 4.05. The first-order valence-electron chi connectivity index (χ1n) is 9.32. The summed E-state index contributed by atoms with van der Waals surface area (Å²) in [6.07, 6.45) is 4.98. The molecule has 1 atom stereocenters. The zero-order valence-corrected chi connectivity index (χ0v) is 16.2. The Morgan fingerprint density at radius 2 is 2.04 bits per heavy atom. The normalized spacial score (nSPS) is 17.5. The van der Waals surface area contributed by atoms with Crippen LogP contribution in [0, 0.1) is 6.92 Å². The number of pyridine rings is 1. The number of rotatable bonds is 6. The van der Waals surface area contributed by atoms with E-state index < -0.39 is 0 Å². The van der Waals surface area contributed by atoms with Crippen molar-refractivity contribution in [2.75, 3.05) is 18.8 Å². The van der Waals surface area contributed by atoms with Gasteiger partial charge >= 0.3 is 0 Å². The molecule has 138 valence electrons. The van der Waals surface area contributed by atoms with Gasteiger partial charge in [-0.15, -0.1) is 11.8 Å². The van der Waals surface area contributed by atoms with Gasteiger partial charge in [-0.05, 0) is 63.5 Å². The average Bonchev–Trinajstić information content (AvgIpc) is 2.95. The van der Waals surface area contributed by atoms with E-state index in [1.54, 1.807) is 18.0 Å². The minimum absolute atomic E-state index is 0.202. The van der Waals surface area contributed by atoms with E-state index >= 15 is 0 Å². The SMILES string of the molecule is Cc1ccc(SCC(=O)N(Cc2ccccn2)C2CCCNCC2)cc1. The fourth-order valence-electron chi connectivity index (χ4n) is 3.26. The molecule has 0 aliphatic carbocycles. The summed E-state index contributed by atoms with van der Waals surface area (Å²) >= 11 is 1.62. The van der Waals surface area contributed by atoms with E-state index in [-0.39, 0.29) is 11.9 Å². The Morgan fingerprint density at radius 3 is 2.81 bits per heavy atom. The second-order valence-electron chi connectivity index (χ2n) is 6.78. The number of aryl methyl sites for hydroxylation is 1. The number of carbonyl (C=O) groups excluding carboxylic acids is 1. The number of hydrogen-bond donors (Lipinski definition) is 1. The predicted octanol–water partition coefficient (Wildman–Crippen LogP) is 3.65. The van der Waals surface area contributed by atoms with Crippen LogP contribution in [0.1, 0.15) is 30.5 Å². The molecule has 1 unspecified atom stereocenters. The van der Waals surface area contributed by atoms with Crippen LogP contribution < -0.4 is 5.32 Å². The van der Waals surface area contributed by atoms with Gasteiger partial charge < -0.3 is 10.2 Å². The van der Waals surface area contributed by atoms with E-state index in [0.717, 1.165) is 42.9 Å². The lowest BCUT2D eigenvalue weighted by Crippen LogP contribution is -2.41. The number of amides is 1. The molecular weight excluding hydrogens is 342 g/mol. The van der Waals surface area contributed by atoms with Crippen molar-refractivity contribution in [3.63, 3.8) is 0 Å². The van der Waals surface area contributed by atoms with Crippen LogP contribution in [0.5, 0.6) is 0 Å². The van der Waals surface area contributed by atoms with Gasteiger partial charge in [0, 0.05) is 17.1 Å². The molecule has 1 N–H and O–H groups in total. The molecule has 2 aromatic rings. The molecule has 1 fully saturated rings. The number of carbonyl (C=O) groups is 1. The van der Waals surface area contributed by atoms with Crippen LogP contribution >= 0.6 is 11.8 Å². The zero-order valence-electron chi connectivity index (χ0n) is 15.4. The Kier molecular flexibility index (Phi) is 7.09. The van der Waals surface area contributed by atoms with E-state index in [2.05, 4.69) is 46.4 Å². The van der Waals surface area contributed by atoms with Crippen molar-refractivity contribution in [3.8, 4) is 0 Å². The molecule has 1 aromatic carbocycles. The molecule has 1 aromatic heterocycles. The van der Waals surface area contributed by atoms with Crippen molar-refractivity contribution in [1.82, 2.24) is 15.2 Å². The summed E-state index contributed by atoms with van der Waals surface area (Å²) in [5, 5.41) is 3.44. The second-order valence-corrected chi connectivity index (χ2v) is 7.83. The quantitative estimate of drug-likeness (QED) is 0.790. The fraction of sp³-hybridized carbons (Fsp3) is 0.429. The topological polar surface area (TPSA) is 45.2 Å². The van der Waals surface area contributed by atoms with Gasteiger partial charge in [-0.1, -0.05) is 23.8 Å². The minimum atomic E-state index is 0.202. The van der Waals surface area contributed by atoms with Gasteiger partial charge in [0.15, 0.2) is 0 Å². The van der Waals surface area contributed by atoms with Gasteiger partial charge in [-0.2, -0.15) is 0 Å². The molecular formula is C21H27N3OS. The number of thioether (sulfide) groups is 1. The molecule has 1 aliphatic rings. The Hall–Kier alpha value is -1.85. The van der Waals surface area contributed by atoms with E-state index in [4.69, 9.17) is 0 Å². The minimum Gasteiger partial charge on any atom is -0.333 e. The highest BCUT2D eigenvalue weighted by molar-refractivity contribution is 8.00. The molecule has 1 saturated heterocycles. The third-order valence-electron chi connectivity index (χ3n) is 4.75. The van der Waals surface area contributed by atoms with Crippen LogP contribution in [-0.4, -0.2) is 40.7 Å². The van der Waals surface area contributed by atoms with Crippen LogP contribution in [0.15, 0.2) is 53.6 Å². The number of nitrogens with one attached hydrogen (secondary N) is 1. The van der Waals surface area contributed by atoms with Crippen molar-refractivity contribution >= 4 is 17.7 Å². The van der Waals surface area contributed by atoms with Gasteiger partial charge in [0.25, 0.3) is 0 Å². The summed E-state index contributed by atoms with van der Waals surface area (Å²) in [4.78, 5) is 20.7. The molecule has 26 heavy (non-hydrogen) atoms. The predicted molar refractivity (Wildman–Crippen MR) is 107 cm³/mol. The van der Waals surface area contributed by atoms with Gasteiger partial charge in [0.05, 0.1) is 18.0 Å². The third-order valence-corrected chi connectivity index (χ3v) is 5.74. The molecule has 0 radical (unpaired) electrons. The van der Waals surface area contributed by atoms with Crippen LogP contribution in [-0.2, 0) is 11.3 Å². The second kappa shape index (κ2) is 9.74. The highest BCUT2D eigenvalue weighted by Gasteiger charge is 2.25.